The quantitative estimate of drug-likeness (QED) is 0.722. The van der Waals surface area contributed by atoms with Crippen LogP contribution < -0.4 is 10.6 Å². The van der Waals surface area contributed by atoms with E-state index in [9.17, 15) is 14.7 Å². The lowest BCUT2D eigenvalue weighted by Gasteiger charge is -2.35. The van der Waals surface area contributed by atoms with Crippen molar-refractivity contribution < 1.29 is 14.7 Å². The summed E-state index contributed by atoms with van der Waals surface area (Å²) in [5, 5.41) is 15.2. The number of nitrogens with one attached hydrogen (secondary N) is 2. The number of carbonyl (C=O) groups excluding carboxylic acids is 2. The van der Waals surface area contributed by atoms with Gasteiger partial charge in [0, 0.05) is 26.2 Å². The molecule has 1 unspecified atom stereocenters. The predicted molar refractivity (Wildman–Crippen MR) is 78.9 cm³/mol. The number of likely N-dealkylation sites (N-methyl/N-ethyl adjacent to an activating group) is 1. The molecule has 1 saturated heterocycles. The normalized spacial score (nSPS) is 18.3. The number of rotatable bonds is 4. The van der Waals surface area contributed by atoms with Crippen molar-refractivity contribution in [2.75, 3.05) is 26.2 Å². The Bertz CT molecular complexity index is 501. The fraction of sp³-hybridized carbons (Fsp3) is 0.467. The molecule has 0 saturated carbocycles. The summed E-state index contributed by atoms with van der Waals surface area (Å²) in [5.74, 6) is -0.0178. The Labute approximate surface area is 124 Å². The summed E-state index contributed by atoms with van der Waals surface area (Å²) < 4.78 is 0. The number of hydrogen-bond donors (Lipinski definition) is 3. The maximum absolute atomic E-state index is 12.4. The van der Waals surface area contributed by atoms with Gasteiger partial charge in [0.1, 0.15) is 11.8 Å². The molecule has 1 aliphatic heterocycles. The van der Waals surface area contributed by atoms with E-state index in [0.717, 1.165) is 5.56 Å². The maximum atomic E-state index is 12.4. The summed E-state index contributed by atoms with van der Waals surface area (Å²) >= 11 is 0. The fourth-order valence-corrected chi connectivity index (χ4v) is 2.42. The van der Waals surface area contributed by atoms with Gasteiger partial charge in [0.05, 0.1) is 6.42 Å². The van der Waals surface area contributed by atoms with Crippen LogP contribution in [-0.4, -0.2) is 54.0 Å². The molecule has 1 fully saturated rings. The summed E-state index contributed by atoms with van der Waals surface area (Å²) in [6.07, 6.45) is 0.232. The van der Waals surface area contributed by atoms with E-state index in [1.807, 2.05) is 6.92 Å². The molecule has 3 N–H and O–H groups in total. The zero-order valence-electron chi connectivity index (χ0n) is 12.1. The van der Waals surface area contributed by atoms with E-state index < -0.39 is 6.04 Å². The van der Waals surface area contributed by atoms with Gasteiger partial charge < -0.3 is 20.6 Å². The van der Waals surface area contributed by atoms with E-state index in [0.29, 0.717) is 26.2 Å². The van der Waals surface area contributed by atoms with Crippen LogP contribution in [0.5, 0.6) is 5.75 Å². The Kier molecular flexibility index (Phi) is 5.16. The van der Waals surface area contributed by atoms with E-state index in [-0.39, 0.29) is 24.0 Å². The third kappa shape index (κ3) is 3.95. The van der Waals surface area contributed by atoms with Crippen molar-refractivity contribution in [2.45, 2.75) is 19.4 Å². The minimum absolute atomic E-state index is 0.0709. The lowest BCUT2D eigenvalue weighted by atomic mass is 10.1. The molecule has 0 radical (unpaired) electrons. The first kappa shape index (κ1) is 15.3. The first-order valence-corrected chi connectivity index (χ1v) is 7.17. The average molecular weight is 291 g/mol. The molecule has 21 heavy (non-hydrogen) atoms. The van der Waals surface area contributed by atoms with Crippen LogP contribution in [0.3, 0.4) is 0 Å². The fourth-order valence-electron chi connectivity index (χ4n) is 2.42. The zero-order valence-corrected chi connectivity index (χ0v) is 12.1. The Morgan fingerprint density at radius 1 is 1.38 bits per heavy atom. The van der Waals surface area contributed by atoms with Crippen molar-refractivity contribution in [1.82, 2.24) is 15.5 Å². The van der Waals surface area contributed by atoms with Gasteiger partial charge in [-0.3, -0.25) is 9.59 Å². The Morgan fingerprint density at radius 3 is 2.76 bits per heavy atom. The monoisotopic (exact) mass is 291 g/mol. The molecule has 6 heteroatoms. The number of hydrogen-bond acceptors (Lipinski definition) is 4. The Hall–Kier alpha value is -2.08. The van der Waals surface area contributed by atoms with Crippen molar-refractivity contribution in [1.29, 1.82) is 0 Å². The molecule has 1 atom stereocenters. The van der Waals surface area contributed by atoms with Gasteiger partial charge >= 0.3 is 0 Å². The molecule has 6 nitrogen and oxygen atoms in total. The minimum Gasteiger partial charge on any atom is -0.508 e. The second kappa shape index (κ2) is 7.08. The van der Waals surface area contributed by atoms with Crippen molar-refractivity contribution in [2.24, 2.45) is 0 Å². The summed E-state index contributed by atoms with van der Waals surface area (Å²) in [7, 11) is 0. The summed E-state index contributed by atoms with van der Waals surface area (Å²) in [6.45, 7) is 4.11. The second-order valence-corrected chi connectivity index (χ2v) is 5.04. The highest BCUT2D eigenvalue weighted by molar-refractivity contribution is 5.88. The van der Waals surface area contributed by atoms with Crippen LogP contribution in [0.25, 0.3) is 0 Å². The highest BCUT2D eigenvalue weighted by Crippen LogP contribution is 2.13. The molecule has 1 aromatic carbocycles. The highest BCUT2D eigenvalue weighted by atomic mass is 16.3. The van der Waals surface area contributed by atoms with Gasteiger partial charge in [-0.25, -0.2) is 0 Å². The number of amides is 2. The highest BCUT2D eigenvalue weighted by Gasteiger charge is 2.31. The van der Waals surface area contributed by atoms with Crippen LogP contribution >= 0.6 is 0 Å². The van der Waals surface area contributed by atoms with E-state index in [1.54, 1.807) is 29.2 Å². The number of piperazine rings is 1. The van der Waals surface area contributed by atoms with Crippen molar-refractivity contribution in [3.63, 3.8) is 0 Å². The topological polar surface area (TPSA) is 81.7 Å². The van der Waals surface area contributed by atoms with Crippen LogP contribution in [0.4, 0.5) is 0 Å². The third-order valence-corrected chi connectivity index (χ3v) is 3.51. The molecule has 1 aromatic rings. The zero-order chi connectivity index (χ0) is 15.2. The molecule has 1 heterocycles. The second-order valence-electron chi connectivity index (χ2n) is 5.04. The van der Waals surface area contributed by atoms with Crippen LogP contribution in [0.1, 0.15) is 12.5 Å². The van der Waals surface area contributed by atoms with E-state index >= 15 is 0 Å². The smallest absolute Gasteiger partial charge is 0.244 e. The Balaban J connectivity index is 2.04. The van der Waals surface area contributed by atoms with Gasteiger partial charge in [0.25, 0.3) is 0 Å². The van der Waals surface area contributed by atoms with Crippen LogP contribution in [0.2, 0.25) is 0 Å². The van der Waals surface area contributed by atoms with Crippen LogP contribution in [0.15, 0.2) is 24.3 Å². The number of benzene rings is 1. The third-order valence-electron chi connectivity index (χ3n) is 3.51. The van der Waals surface area contributed by atoms with Crippen molar-refractivity contribution in [3.05, 3.63) is 29.8 Å². The molecule has 114 valence electrons. The van der Waals surface area contributed by atoms with Gasteiger partial charge in [-0.1, -0.05) is 12.1 Å². The molecular formula is C15H21N3O3. The lowest BCUT2D eigenvalue weighted by molar-refractivity contribution is -0.141. The number of aromatic hydroxyl groups is 1. The SMILES string of the molecule is CCNC(=O)C1CNCCN1C(=O)Cc1ccc(O)cc1. The number of phenolic OH excluding ortho intramolecular Hbond substituents is 1. The average Bonchev–Trinajstić information content (AvgIpc) is 2.50. The molecule has 2 rings (SSSR count). The largest absolute Gasteiger partial charge is 0.508 e. The van der Waals surface area contributed by atoms with E-state index in [2.05, 4.69) is 10.6 Å². The molecule has 0 bridgehead atoms. The van der Waals surface area contributed by atoms with Gasteiger partial charge in [0.15, 0.2) is 0 Å². The standard InChI is InChI=1S/C15H21N3O3/c1-2-17-15(21)13-10-16-7-8-18(13)14(20)9-11-3-5-12(19)6-4-11/h3-6,13,16,19H,2,7-10H2,1H3,(H,17,21). The number of phenols is 1. The van der Waals surface area contributed by atoms with E-state index in [4.69, 9.17) is 0 Å². The van der Waals surface area contributed by atoms with Gasteiger partial charge in [0.2, 0.25) is 11.8 Å². The minimum atomic E-state index is -0.455. The first-order valence-electron chi connectivity index (χ1n) is 7.17. The van der Waals surface area contributed by atoms with Crippen molar-refractivity contribution in [3.8, 4) is 5.75 Å². The molecule has 0 aromatic heterocycles. The molecule has 1 aliphatic rings. The van der Waals surface area contributed by atoms with Crippen LogP contribution in [0, 0.1) is 0 Å². The summed E-state index contributed by atoms with van der Waals surface area (Å²) in [5.41, 5.74) is 0.825. The van der Waals surface area contributed by atoms with Gasteiger partial charge in [-0.2, -0.15) is 0 Å². The summed E-state index contributed by atoms with van der Waals surface area (Å²) in [4.78, 5) is 26.1. The van der Waals surface area contributed by atoms with Crippen molar-refractivity contribution >= 4 is 11.8 Å². The number of nitrogens with zero attached hydrogens (tertiary/aromatic N) is 1. The maximum Gasteiger partial charge on any atom is 0.244 e. The van der Waals surface area contributed by atoms with E-state index in [1.165, 1.54) is 0 Å². The molecular weight excluding hydrogens is 270 g/mol. The predicted octanol–water partition coefficient (Wildman–Crippen LogP) is -0.129. The first-order chi connectivity index (χ1) is 10.1. The Morgan fingerprint density at radius 2 is 2.10 bits per heavy atom. The molecule has 0 aliphatic carbocycles. The van der Waals surface area contributed by atoms with Crippen LogP contribution in [-0.2, 0) is 16.0 Å². The number of carbonyl (C=O) groups is 2. The van der Waals surface area contributed by atoms with Gasteiger partial charge in [-0.05, 0) is 24.6 Å². The van der Waals surface area contributed by atoms with Gasteiger partial charge in [-0.15, -0.1) is 0 Å². The summed E-state index contributed by atoms with van der Waals surface area (Å²) in [6, 6.07) is 6.10. The lowest BCUT2D eigenvalue weighted by Crippen LogP contribution is -2.59. The molecule has 0 spiro atoms. The molecule has 2 amide bonds.